The van der Waals surface area contributed by atoms with Gasteiger partial charge in [0.15, 0.2) is 17.2 Å². The number of phenolic OH excluding ortho intramolecular Hbond substituents is 1. The lowest BCUT2D eigenvalue weighted by Gasteiger charge is -2.16. The first-order chi connectivity index (χ1) is 10.6. The Hall–Kier alpha value is 0.160. The van der Waals surface area contributed by atoms with Crippen LogP contribution in [0.4, 0.5) is 0 Å². The van der Waals surface area contributed by atoms with Crippen LogP contribution >= 0.6 is 92.8 Å². The van der Waals surface area contributed by atoms with E-state index in [2.05, 4.69) is 0 Å². The average Bonchev–Trinajstić information content (AvgIpc) is 2.54. The number of rotatable bonds is 2. The average molecular weight is 477 g/mol. The summed E-state index contributed by atoms with van der Waals surface area (Å²) in [6.45, 7) is 0. The van der Waals surface area contributed by atoms with Gasteiger partial charge in [0.25, 0.3) is 0 Å². The lowest BCUT2D eigenvalue weighted by molar-refractivity contribution is 0.325. The maximum atomic E-state index is 12.1. The van der Waals surface area contributed by atoms with Crippen LogP contribution in [0.25, 0.3) is 0 Å². The zero-order valence-electron chi connectivity index (χ0n) is 10.3. The largest absolute Gasteiger partial charge is 0.503 e. The predicted octanol–water partition coefficient (Wildman–Crippen LogP) is 8.56. The van der Waals surface area contributed by atoms with Crippen molar-refractivity contribution in [2.45, 2.75) is 0 Å². The zero-order valence-corrected chi connectivity index (χ0v) is 16.3. The molecule has 0 aliphatic rings. The third kappa shape index (κ3) is 3.31. The Labute approximate surface area is 170 Å². The molecule has 123 valence electrons. The summed E-state index contributed by atoms with van der Waals surface area (Å²) < 4.78 is 5.25. The number of benzene rings is 2. The van der Waals surface area contributed by atoms with Crippen LogP contribution in [0.5, 0.6) is 23.0 Å². The lowest BCUT2D eigenvalue weighted by atomic mass is 10.3. The number of hydrogen-bond acceptors (Lipinski definition) is 2. The molecule has 0 atom stereocenters. The van der Waals surface area contributed by atoms with Crippen molar-refractivity contribution in [1.82, 2.24) is 0 Å². The van der Waals surface area contributed by atoms with Gasteiger partial charge in [-0.1, -0.05) is 92.8 Å². The molecule has 0 aliphatic carbocycles. The maximum Gasteiger partial charge on any atom is 0.242 e. The topological polar surface area (TPSA) is 49.4 Å². The fraction of sp³-hybridized carbons (Fsp3) is 0. The SMILES string of the molecule is [O]c1c(Cl)c(Cl)c(Cl)c(Cl)c1Oc1c(O)c(Cl)c(Cl)c(Cl)c1Cl. The van der Waals surface area contributed by atoms with Gasteiger partial charge >= 0.3 is 0 Å². The second-order valence-corrected chi connectivity index (χ2v) is 6.97. The Bertz CT molecular complexity index is 695. The number of aromatic hydroxyl groups is 1. The molecule has 0 fully saturated rings. The standard InChI is InChI=1S/C12HCl8O3/c13-1-3(15)7(19)11(9(21)5(1)17)23-12-8(20)4(16)2(14)6(18)10(12)22/h21H. The molecule has 3 nitrogen and oxygen atoms in total. The van der Waals surface area contributed by atoms with E-state index in [0.717, 1.165) is 0 Å². The van der Waals surface area contributed by atoms with Gasteiger partial charge in [-0.05, 0) is 0 Å². The first kappa shape index (κ1) is 19.5. The molecule has 2 aromatic carbocycles. The predicted molar refractivity (Wildman–Crippen MR) is 94.8 cm³/mol. The Morgan fingerprint density at radius 3 is 1.48 bits per heavy atom. The van der Waals surface area contributed by atoms with Crippen LogP contribution in [-0.2, 0) is 5.11 Å². The molecule has 1 N–H and O–H groups in total. The molecule has 0 amide bonds. The monoisotopic (exact) mass is 473 g/mol. The van der Waals surface area contributed by atoms with Gasteiger partial charge < -0.3 is 9.84 Å². The Kier molecular flexibility index (Phi) is 6.09. The van der Waals surface area contributed by atoms with Crippen molar-refractivity contribution in [1.29, 1.82) is 0 Å². The molecular formula is C12HCl8O3. The maximum absolute atomic E-state index is 12.1. The van der Waals surface area contributed by atoms with Gasteiger partial charge in [0, 0.05) is 0 Å². The van der Waals surface area contributed by atoms with Crippen LogP contribution in [-0.4, -0.2) is 5.11 Å². The normalized spacial score (nSPS) is 11.0. The van der Waals surface area contributed by atoms with E-state index in [9.17, 15) is 10.2 Å². The Balaban J connectivity index is 2.71. The Morgan fingerprint density at radius 1 is 0.565 bits per heavy atom. The molecule has 1 radical (unpaired) electrons. The first-order valence-electron chi connectivity index (χ1n) is 5.35. The highest BCUT2D eigenvalue weighted by atomic mass is 35.5. The van der Waals surface area contributed by atoms with Crippen molar-refractivity contribution >= 4 is 92.8 Å². The summed E-state index contributed by atoms with van der Waals surface area (Å²) in [5.41, 5.74) is 0. The molecule has 0 saturated heterocycles. The van der Waals surface area contributed by atoms with Crippen molar-refractivity contribution in [3.63, 3.8) is 0 Å². The number of phenols is 1. The summed E-state index contributed by atoms with van der Waals surface area (Å²) in [4.78, 5) is 0. The highest BCUT2D eigenvalue weighted by Crippen LogP contribution is 2.55. The number of hydrogen-bond donors (Lipinski definition) is 1. The van der Waals surface area contributed by atoms with Crippen LogP contribution in [0.1, 0.15) is 0 Å². The van der Waals surface area contributed by atoms with Crippen LogP contribution < -0.4 is 4.74 Å². The summed E-state index contributed by atoms with van der Waals surface area (Å²) in [7, 11) is 0. The van der Waals surface area contributed by atoms with Crippen LogP contribution in [0.2, 0.25) is 40.2 Å². The third-order valence-corrected chi connectivity index (χ3v) is 6.13. The first-order valence-corrected chi connectivity index (χ1v) is 8.37. The van der Waals surface area contributed by atoms with Crippen molar-refractivity contribution < 1.29 is 14.9 Å². The second kappa shape index (κ2) is 7.19. The summed E-state index contributed by atoms with van der Waals surface area (Å²) in [5.74, 6) is -2.48. The van der Waals surface area contributed by atoms with E-state index >= 15 is 0 Å². The van der Waals surface area contributed by atoms with Crippen LogP contribution in [0.15, 0.2) is 0 Å². The van der Waals surface area contributed by atoms with E-state index in [0.29, 0.717) is 0 Å². The second-order valence-electron chi connectivity index (χ2n) is 3.95. The zero-order chi connectivity index (χ0) is 17.6. The number of halogens is 8. The summed E-state index contributed by atoms with van der Waals surface area (Å²) in [6.07, 6.45) is 0. The van der Waals surface area contributed by atoms with Gasteiger partial charge in [0.1, 0.15) is 20.1 Å². The molecule has 2 rings (SSSR count). The summed E-state index contributed by atoms with van der Waals surface area (Å²) in [5, 5.41) is 19.9. The Morgan fingerprint density at radius 2 is 0.957 bits per heavy atom. The van der Waals surface area contributed by atoms with Gasteiger partial charge in [-0.25, -0.2) is 0 Å². The lowest BCUT2D eigenvalue weighted by Crippen LogP contribution is -1.92. The molecule has 2 aromatic rings. The molecule has 0 aromatic heterocycles. The smallest absolute Gasteiger partial charge is 0.242 e. The molecule has 0 spiro atoms. The van der Waals surface area contributed by atoms with Crippen LogP contribution in [0.3, 0.4) is 0 Å². The molecule has 23 heavy (non-hydrogen) atoms. The van der Waals surface area contributed by atoms with Gasteiger partial charge in [0.05, 0.1) is 20.1 Å². The van der Waals surface area contributed by atoms with E-state index < -0.39 is 28.0 Å². The molecule has 0 unspecified atom stereocenters. The van der Waals surface area contributed by atoms with Gasteiger partial charge in [-0.3, -0.25) is 5.11 Å². The van der Waals surface area contributed by atoms with E-state index in [1.807, 2.05) is 0 Å². The van der Waals surface area contributed by atoms with E-state index in [1.54, 1.807) is 0 Å². The fourth-order valence-corrected chi connectivity index (χ4v) is 3.20. The highest BCUT2D eigenvalue weighted by Gasteiger charge is 2.27. The van der Waals surface area contributed by atoms with Gasteiger partial charge in [-0.2, -0.15) is 0 Å². The van der Waals surface area contributed by atoms with E-state index in [1.165, 1.54) is 0 Å². The van der Waals surface area contributed by atoms with E-state index in [-0.39, 0.29) is 35.2 Å². The molecule has 0 saturated carbocycles. The molecular weight excluding hydrogens is 476 g/mol. The summed E-state index contributed by atoms with van der Waals surface area (Å²) >= 11 is 46.7. The molecule has 11 heteroatoms. The fourth-order valence-electron chi connectivity index (χ4n) is 1.48. The molecule has 0 bridgehead atoms. The van der Waals surface area contributed by atoms with E-state index in [4.69, 9.17) is 97.5 Å². The van der Waals surface area contributed by atoms with Gasteiger partial charge in [-0.15, -0.1) is 0 Å². The van der Waals surface area contributed by atoms with Crippen molar-refractivity contribution in [2.75, 3.05) is 0 Å². The quantitative estimate of drug-likeness (QED) is 0.348. The molecule has 0 aliphatic heterocycles. The minimum atomic E-state index is -0.872. The van der Waals surface area contributed by atoms with Gasteiger partial charge in [0.2, 0.25) is 5.75 Å². The summed E-state index contributed by atoms with van der Waals surface area (Å²) in [6, 6.07) is 0. The minimum absolute atomic E-state index is 0.191. The third-order valence-electron chi connectivity index (χ3n) is 2.59. The van der Waals surface area contributed by atoms with Crippen molar-refractivity contribution in [3.05, 3.63) is 40.2 Å². The highest BCUT2D eigenvalue weighted by molar-refractivity contribution is 6.54. The van der Waals surface area contributed by atoms with Crippen molar-refractivity contribution in [3.8, 4) is 23.0 Å². The number of ether oxygens (including phenoxy) is 1. The van der Waals surface area contributed by atoms with Crippen LogP contribution in [0, 0.1) is 0 Å². The van der Waals surface area contributed by atoms with Crippen molar-refractivity contribution in [2.24, 2.45) is 0 Å². The molecule has 0 heterocycles. The minimum Gasteiger partial charge on any atom is -0.503 e.